The van der Waals surface area contributed by atoms with Gasteiger partial charge in [0.25, 0.3) is 0 Å². The van der Waals surface area contributed by atoms with Gasteiger partial charge in [-0.2, -0.15) is 0 Å². The van der Waals surface area contributed by atoms with E-state index >= 15 is 0 Å². The van der Waals surface area contributed by atoms with Crippen molar-refractivity contribution in [3.63, 3.8) is 0 Å². The fraction of sp³-hybridized carbons (Fsp3) is 0.304. The second-order valence-corrected chi connectivity index (χ2v) is 7.19. The van der Waals surface area contributed by atoms with Gasteiger partial charge in [0.15, 0.2) is 11.5 Å². The summed E-state index contributed by atoms with van der Waals surface area (Å²) in [6.07, 6.45) is 3.93. The molecule has 1 unspecified atom stereocenters. The molecule has 2 aliphatic heterocycles. The van der Waals surface area contributed by atoms with Gasteiger partial charge in [0.1, 0.15) is 0 Å². The van der Waals surface area contributed by atoms with Crippen LogP contribution in [-0.2, 0) is 16.1 Å². The first kappa shape index (κ1) is 19.1. The summed E-state index contributed by atoms with van der Waals surface area (Å²) >= 11 is 0. The Bertz CT molecular complexity index is 969. The molecular formula is C23H24N2O4. The van der Waals surface area contributed by atoms with Crippen molar-refractivity contribution in [2.45, 2.75) is 32.9 Å². The number of nitrogens with zero attached hydrogens (tertiary/aromatic N) is 2. The lowest BCUT2D eigenvalue weighted by atomic mass is 9.93. The summed E-state index contributed by atoms with van der Waals surface area (Å²) < 4.78 is 10.8. The third kappa shape index (κ3) is 3.83. The largest absolute Gasteiger partial charge is 0.454 e. The van der Waals surface area contributed by atoms with Gasteiger partial charge in [0.05, 0.1) is 12.5 Å². The smallest absolute Gasteiger partial charge is 0.231 e. The minimum Gasteiger partial charge on any atom is -0.454 e. The normalized spacial score (nSPS) is 16.5. The van der Waals surface area contributed by atoms with Crippen molar-refractivity contribution in [1.82, 2.24) is 9.80 Å². The van der Waals surface area contributed by atoms with Gasteiger partial charge in [-0.25, -0.2) is 0 Å². The van der Waals surface area contributed by atoms with Crippen LogP contribution in [0.4, 0.5) is 0 Å². The summed E-state index contributed by atoms with van der Waals surface area (Å²) in [4.78, 5) is 28.8. The molecule has 2 aromatic carbocycles. The third-order valence-electron chi connectivity index (χ3n) is 5.38. The van der Waals surface area contributed by atoms with E-state index in [-0.39, 0.29) is 31.1 Å². The molecule has 6 heteroatoms. The summed E-state index contributed by atoms with van der Waals surface area (Å²) in [5.41, 5.74) is 3.02. The highest BCUT2D eigenvalue weighted by Gasteiger charge is 2.29. The van der Waals surface area contributed by atoms with Crippen LogP contribution in [-0.4, -0.2) is 35.0 Å². The van der Waals surface area contributed by atoms with Gasteiger partial charge in [-0.1, -0.05) is 30.3 Å². The van der Waals surface area contributed by atoms with Crippen molar-refractivity contribution in [2.24, 2.45) is 0 Å². The monoisotopic (exact) mass is 392 g/mol. The van der Waals surface area contributed by atoms with Gasteiger partial charge in [0.2, 0.25) is 18.6 Å². The Morgan fingerprint density at radius 3 is 2.72 bits per heavy atom. The predicted octanol–water partition coefficient (Wildman–Crippen LogP) is 3.73. The molecule has 1 atom stereocenters. The zero-order chi connectivity index (χ0) is 20.4. The van der Waals surface area contributed by atoms with E-state index in [0.717, 1.165) is 22.4 Å². The molecule has 0 aromatic heterocycles. The SMILES string of the molecule is CCN(Cc1ccc2c(c1)OCO2)C(=O)CC1c2ccccc2C=CN1C(C)=O. The average Bonchev–Trinajstić information content (AvgIpc) is 3.19. The number of hydrogen-bond acceptors (Lipinski definition) is 4. The molecule has 150 valence electrons. The van der Waals surface area contributed by atoms with Crippen LogP contribution >= 0.6 is 0 Å². The van der Waals surface area contributed by atoms with E-state index in [0.29, 0.717) is 18.8 Å². The molecule has 4 rings (SSSR count). The number of carbonyl (C=O) groups excluding carboxylic acids is 2. The lowest BCUT2D eigenvalue weighted by Gasteiger charge is -2.33. The quantitative estimate of drug-likeness (QED) is 0.778. The molecule has 0 spiro atoms. The van der Waals surface area contributed by atoms with Gasteiger partial charge in [-0.15, -0.1) is 0 Å². The molecule has 29 heavy (non-hydrogen) atoms. The van der Waals surface area contributed by atoms with E-state index in [1.54, 1.807) is 16.0 Å². The van der Waals surface area contributed by atoms with E-state index in [1.165, 1.54) is 6.92 Å². The summed E-state index contributed by atoms with van der Waals surface area (Å²) in [5.74, 6) is 1.37. The topological polar surface area (TPSA) is 59.1 Å². The van der Waals surface area contributed by atoms with Gasteiger partial charge >= 0.3 is 0 Å². The number of ether oxygens (including phenoxy) is 2. The number of fused-ring (bicyclic) bond motifs is 2. The van der Waals surface area contributed by atoms with Crippen LogP contribution in [0.15, 0.2) is 48.7 Å². The minimum atomic E-state index is -0.299. The number of carbonyl (C=O) groups is 2. The Morgan fingerprint density at radius 2 is 1.93 bits per heavy atom. The molecule has 0 fully saturated rings. The zero-order valence-corrected chi connectivity index (χ0v) is 16.6. The van der Waals surface area contributed by atoms with Crippen molar-refractivity contribution in [2.75, 3.05) is 13.3 Å². The standard InChI is InChI=1S/C23H24N2O4/c1-3-24(14-17-8-9-21-22(12-17)29-15-28-21)23(27)13-20-19-7-5-4-6-18(19)10-11-25(20)16(2)26/h4-12,20H,3,13-15H2,1-2H3. The van der Waals surface area contributed by atoms with E-state index in [2.05, 4.69) is 0 Å². The van der Waals surface area contributed by atoms with Crippen LogP contribution in [0.1, 0.15) is 43.0 Å². The van der Waals surface area contributed by atoms with E-state index in [1.807, 2.05) is 55.5 Å². The molecule has 6 nitrogen and oxygen atoms in total. The van der Waals surface area contributed by atoms with Crippen LogP contribution in [0.5, 0.6) is 11.5 Å². The predicted molar refractivity (Wildman–Crippen MR) is 109 cm³/mol. The van der Waals surface area contributed by atoms with E-state index < -0.39 is 0 Å². The molecule has 0 radical (unpaired) electrons. The first-order valence-electron chi connectivity index (χ1n) is 9.79. The molecule has 0 aliphatic carbocycles. The lowest BCUT2D eigenvalue weighted by molar-refractivity contribution is -0.135. The maximum atomic E-state index is 13.2. The molecule has 2 aliphatic rings. The van der Waals surface area contributed by atoms with Crippen LogP contribution in [0.25, 0.3) is 6.08 Å². The number of hydrogen-bond donors (Lipinski definition) is 0. The molecule has 0 N–H and O–H groups in total. The summed E-state index contributed by atoms with van der Waals surface area (Å²) in [6.45, 7) is 4.78. The first-order chi connectivity index (χ1) is 14.1. The maximum absolute atomic E-state index is 13.2. The second-order valence-electron chi connectivity index (χ2n) is 7.19. The van der Waals surface area contributed by atoms with Gasteiger partial charge in [-0.05, 0) is 41.8 Å². The Balaban J connectivity index is 1.53. The zero-order valence-electron chi connectivity index (χ0n) is 16.6. The van der Waals surface area contributed by atoms with Crippen LogP contribution < -0.4 is 9.47 Å². The molecule has 2 heterocycles. The average molecular weight is 392 g/mol. The molecule has 0 saturated carbocycles. The fourth-order valence-electron chi connectivity index (χ4n) is 3.84. The number of amides is 2. The molecule has 0 bridgehead atoms. The second kappa shape index (κ2) is 7.99. The molecular weight excluding hydrogens is 368 g/mol. The number of rotatable bonds is 5. The Hall–Kier alpha value is -3.28. The van der Waals surface area contributed by atoms with Crippen LogP contribution in [0.2, 0.25) is 0 Å². The Kier molecular flexibility index (Phi) is 5.25. The van der Waals surface area contributed by atoms with Crippen molar-refractivity contribution in [1.29, 1.82) is 0 Å². The third-order valence-corrected chi connectivity index (χ3v) is 5.38. The Labute approximate surface area is 170 Å². The van der Waals surface area contributed by atoms with Gasteiger partial charge in [-0.3, -0.25) is 9.59 Å². The lowest BCUT2D eigenvalue weighted by Crippen LogP contribution is -2.37. The van der Waals surface area contributed by atoms with Gasteiger partial charge in [0, 0.05) is 26.2 Å². The number of benzene rings is 2. The van der Waals surface area contributed by atoms with E-state index in [4.69, 9.17) is 9.47 Å². The highest BCUT2D eigenvalue weighted by Crippen LogP contribution is 2.35. The first-order valence-corrected chi connectivity index (χ1v) is 9.79. The summed E-state index contributed by atoms with van der Waals surface area (Å²) in [6, 6.07) is 13.3. The highest BCUT2D eigenvalue weighted by atomic mass is 16.7. The molecule has 2 aromatic rings. The molecule has 2 amide bonds. The van der Waals surface area contributed by atoms with Crippen LogP contribution in [0.3, 0.4) is 0 Å². The summed E-state index contributed by atoms with van der Waals surface area (Å²) in [5, 5.41) is 0. The molecule has 0 saturated heterocycles. The van der Waals surface area contributed by atoms with Crippen molar-refractivity contribution < 1.29 is 19.1 Å². The Morgan fingerprint density at radius 1 is 1.14 bits per heavy atom. The summed E-state index contributed by atoms with van der Waals surface area (Å²) in [7, 11) is 0. The van der Waals surface area contributed by atoms with Gasteiger partial charge < -0.3 is 19.3 Å². The highest BCUT2D eigenvalue weighted by molar-refractivity contribution is 5.82. The maximum Gasteiger partial charge on any atom is 0.231 e. The fourth-order valence-corrected chi connectivity index (χ4v) is 3.84. The van der Waals surface area contributed by atoms with Crippen molar-refractivity contribution in [3.05, 3.63) is 65.4 Å². The van der Waals surface area contributed by atoms with Crippen molar-refractivity contribution in [3.8, 4) is 11.5 Å². The van der Waals surface area contributed by atoms with Crippen molar-refractivity contribution >= 4 is 17.9 Å². The van der Waals surface area contributed by atoms with E-state index in [9.17, 15) is 9.59 Å². The minimum absolute atomic E-state index is 0.00604. The van der Waals surface area contributed by atoms with Crippen LogP contribution in [0, 0.1) is 0 Å².